The van der Waals surface area contributed by atoms with Gasteiger partial charge >= 0.3 is 0 Å². The summed E-state index contributed by atoms with van der Waals surface area (Å²) in [4.78, 5) is 11.3. The summed E-state index contributed by atoms with van der Waals surface area (Å²) in [5.41, 5.74) is 0.187. The molecule has 14 heavy (non-hydrogen) atoms. The molecule has 1 rings (SSSR count). The predicted octanol–water partition coefficient (Wildman–Crippen LogP) is 1.75. The lowest BCUT2D eigenvalue weighted by Gasteiger charge is -2.06. The van der Waals surface area contributed by atoms with Crippen molar-refractivity contribution in [1.82, 2.24) is 9.78 Å². The number of hydrogen-bond acceptors (Lipinski definition) is 3. The first-order valence-electron chi connectivity index (χ1n) is 3.81. The minimum absolute atomic E-state index is 0.135. The van der Waals surface area contributed by atoms with Crippen molar-refractivity contribution in [2.75, 3.05) is 11.9 Å². The van der Waals surface area contributed by atoms with Gasteiger partial charge in [0.2, 0.25) is 0 Å². The largest absolute Gasteiger partial charge is 0.378 e. The number of aromatic nitrogens is 2. The third-order valence-corrected chi connectivity index (χ3v) is 2.19. The Kier molecular flexibility index (Phi) is 3.71. The van der Waals surface area contributed by atoms with Crippen molar-refractivity contribution in [1.29, 1.82) is 0 Å². The van der Waals surface area contributed by atoms with Gasteiger partial charge in [-0.15, -0.1) is 0 Å². The number of halogens is 2. The van der Waals surface area contributed by atoms with Crippen molar-refractivity contribution >= 4 is 33.2 Å². The van der Waals surface area contributed by atoms with Gasteiger partial charge < -0.3 is 5.32 Å². The average molecular weight is 279 g/mol. The van der Waals surface area contributed by atoms with Crippen molar-refractivity contribution in [2.45, 2.75) is 0 Å². The molecule has 0 spiro atoms. The number of rotatable bonds is 3. The molecule has 4 nitrogen and oxygen atoms in total. The van der Waals surface area contributed by atoms with Crippen molar-refractivity contribution < 1.29 is 0 Å². The van der Waals surface area contributed by atoms with Gasteiger partial charge in [-0.05, 0) is 0 Å². The molecule has 0 aliphatic rings. The highest BCUT2D eigenvalue weighted by molar-refractivity contribution is 9.11. The van der Waals surface area contributed by atoms with E-state index in [0.717, 1.165) is 4.48 Å². The molecule has 0 bridgehead atoms. The Labute approximate surface area is 94.7 Å². The molecule has 1 aromatic heterocycles. The van der Waals surface area contributed by atoms with E-state index in [4.69, 9.17) is 11.6 Å². The Bertz CT molecular complexity index is 416. The lowest BCUT2D eigenvalue weighted by Crippen LogP contribution is -2.21. The van der Waals surface area contributed by atoms with E-state index in [-0.39, 0.29) is 10.6 Å². The van der Waals surface area contributed by atoms with Crippen LogP contribution in [0.5, 0.6) is 0 Å². The van der Waals surface area contributed by atoms with Gasteiger partial charge in [-0.2, -0.15) is 5.10 Å². The molecule has 0 aromatic carbocycles. The zero-order chi connectivity index (χ0) is 10.7. The molecule has 0 saturated heterocycles. The standard InChI is InChI=1S/C8H9BrClN3O/c1-5(9)3-11-6-4-12-13(2)8(14)7(6)10/h4,11H,1,3H2,2H3. The van der Waals surface area contributed by atoms with E-state index in [1.54, 1.807) is 7.05 Å². The van der Waals surface area contributed by atoms with Gasteiger partial charge in [0.15, 0.2) is 0 Å². The third-order valence-electron chi connectivity index (χ3n) is 1.55. The van der Waals surface area contributed by atoms with Gasteiger partial charge in [0.25, 0.3) is 5.56 Å². The molecule has 0 atom stereocenters. The highest BCUT2D eigenvalue weighted by Gasteiger charge is 2.06. The maximum absolute atomic E-state index is 11.3. The van der Waals surface area contributed by atoms with E-state index in [1.165, 1.54) is 10.9 Å². The fourth-order valence-corrected chi connectivity index (χ4v) is 1.20. The van der Waals surface area contributed by atoms with Crippen molar-refractivity contribution in [3.63, 3.8) is 0 Å². The normalized spacial score (nSPS) is 9.93. The molecule has 1 aromatic rings. The van der Waals surface area contributed by atoms with Crippen LogP contribution in [-0.4, -0.2) is 16.3 Å². The SMILES string of the molecule is C=C(Br)CNc1cnn(C)c(=O)c1Cl. The van der Waals surface area contributed by atoms with Gasteiger partial charge in [-0.25, -0.2) is 4.68 Å². The first-order chi connectivity index (χ1) is 6.52. The molecule has 76 valence electrons. The van der Waals surface area contributed by atoms with Gasteiger partial charge in [-0.3, -0.25) is 4.79 Å². The van der Waals surface area contributed by atoms with Crippen LogP contribution in [0.3, 0.4) is 0 Å². The molecule has 0 saturated carbocycles. The fourth-order valence-electron chi connectivity index (χ4n) is 0.825. The van der Waals surface area contributed by atoms with Crippen molar-refractivity contribution in [3.8, 4) is 0 Å². The minimum Gasteiger partial charge on any atom is -0.378 e. The first kappa shape index (κ1) is 11.3. The summed E-state index contributed by atoms with van der Waals surface area (Å²) in [5, 5.41) is 6.89. The second kappa shape index (κ2) is 4.61. The van der Waals surface area contributed by atoms with E-state index in [1.807, 2.05) is 0 Å². The van der Waals surface area contributed by atoms with Crippen LogP contribution >= 0.6 is 27.5 Å². The Balaban J connectivity index is 2.94. The van der Waals surface area contributed by atoms with Crippen LogP contribution < -0.4 is 10.9 Å². The van der Waals surface area contributed by atoms with Crippen LogP contribution in [0.25, 0.3) is 0 Å². The van der Waals surface area contributed by atoms with Crippen molar-refractivity contribution in [2.24, 2.45) is 7.05 Å². The smallest absolute Gasteiger partial charge is 0.287 e. The lowest BCUT2D eigenvalue weighted by atomic mass is 10.4. The Hall–Kier alpha value is -0.810. The third kappa shape index (κ3) is 2.59. The Morgan fingerprint density at radius 2 is 2.50 bits per heavy atom. The number of aryl methyl sites for hydroxylation is 1. The van der Waals surface area contributed by atoms with Crippen LogP contribution in [0.15, 0.2) is 22.1 Å². The summed E-state index contributed by atoms with van der Waals surface area (Å²) in [7, 11) is 1.54. The summed E-state index contributed by atoms with van der Waals surface area (Å²) in [5.74, 6) is 0. The van der Waals surface area contributed by atoms with Crippen LogP contribution in [-0.2, 0) is 7.05 Å². The summed E-state index contributed by atoms with van der Waals surface area (Å²) >= 11 is 8.99. The second-order valence-corrected chi connectivity index (χ2v) is 4.17. The highest BCUT2D eigenvalue weighted by Crippen LogP contribution is 2.15. The monoisotopic (exact) mass is 277 g/mol. The molecule has 0 amide bonds. The van der Waals surface area contributed by atoms with Crippen LogP contribution in [0, 0.1) is 0 Å². The topological polar surface area (TPSA) is 46.9 Å². The molecule has 0 unspecified atom stereocenters. The van der Waals surface area contributed by atoms with Gasteiger partial charge in [0.05, 0.1) is 11.9 Å². The summed E-state index contributed by atoms with van der Waals surface area (Å²) in [6.07, 6.45) is 1.50. The van der Waals surface area contributed by atoms with E-state index in [0.29, 0.717) is 12.2 Å². The van der Waals surface area contributed by atoms with E-state index < -0.39 is 0 Å². The van der Waals surface area contributed by atoms with Gasteiger partial charge in [-0.1, -0.05) is 34.1 Å². The molecule has 1 N–H and O–H groups in total. The summed E-state index contributed by atoms with van der Waals surface area (Å²) < 4.78 is 1.95. The Morgan fingerprint density at radius 1 is 1.86 bits per heavy atom. The van der Waals surface area contributed by atoms with Crippen LogP contribution in [0.2, 0.25) is 5.02 Å². The molecular weight excluding hydrogens is 269 g/mol. The molecular formula is C8H9BrClN3O. The molecule has 1 heterocycles. The van der Waals surface area contributed by atoms with E-state index in [9.17, 15) is 4.79 Å². The van der Waals surface area contributed by atoms with Gasteiger partial charge in [0.1, 0.15) is 5.02 Å². The molecule has 0 radical (unpaired) electrons. The zero-order valence-corrected chi connectivity index (χ0v) is 9.89. The Morgan fingerprint density at radius 3 is 3.07 bits per heavy atom. The predicted molar refractivity (Wildman–Crippen MR) is 61.0 cm³/mol. The van der Waals surface area contributed by atoms with E-state index >= 15 is 0 Å². The maximum atomic E-state index is 11.3. The summed E-state index contributed by atoms with van der Waals surface area (Å²) in [6, 6.07) is 0. The highest BCUT2D eigenvalue weighted by atomic mass is 79.9. The fraction of sp³-hybridized carbons (Fsp3) is 0.250. The number of nitrogens with one attached hydrogen (secondary N) is 1. The maximum Gasteiger partial charge on any atom is 0.287 e. The summed E-state index contributed by atoms with van der Waals surface area (Å²) in [6.45, 7) is 4.14. The van der Waals surface area contributed by atoms with Crippen molar-refractivity contribution in [3.05, 3.63) is 32.6 Å². The lowest BCUT2D eigenvalue weighted by molar-refractivity contribution is 0.708. The van der Waals surface area contributed by atoms with Crippen LogP contribution in [0.4, 0.5) is 5.69 Å². The average Bonchev–Trinajstić information content (AvgIpc) is 2.13. The quantitative estimate of drug-likeness (QED) is 0.916. The number of anilines is 1. The molecule has 0 aliphatic heterocycles. The first-order valence-corrected chi connectivity index (χ1v) is 4.98. The molecule has 0 aliphatic carbocycles. The minimum atomic E-state index is -0.322. The second-order valence-electron chi connectivity index (χ2n) is 2.67. The number of nitrogens with zero attached hydrogens (tertiary/aromatic N) is 2. The molecule has 0 fully saturated rings. The van der Waals surface area contributed by atoms with Crippen LogP contribution in [0.1, 0.15) is 0 Å². The van der Waals surface area contributed by atoms with E-state index in [2.05, 4.69) is 32.9 Å². The van der Waals surface area contributed by atoms with Gasteiger partial charge in [0, 0.05) is 18.1 Å². The zero-order valence-electron chi connectivity index (χ0n) is 7.55. The number of hydrogen-bond donors (Lipinski definition) is 1. The molecule has 6 heteroatoms.